The molecule has 0 saturated heterocycles. The Labute approximate surface area is 196 Å². The van der Waals surface area contributed by atoms with Gasteiger partial charge in [0.25, 0.3) is 8.69 Å². The van der Waals surface area contributed by atoms with Gasteiger partial charge in [0.05, 0.1) is 0 Å². The van der Waals surface area contributed by atoms with Crippen molar-refractivity contribution in [1.82, 2.24) is 0 Å². The van der Waals surface area contributed by atoms with Crippen LogP contribution in [0.3, 0.4) is 0 Å². The van der Waals surface area contributed by atoms with Crippen molar-refractivity contribution in [2.45, 2.75) is 20.5 Å². The molecular formula is C6Cl13O3S. The topological polar surface area (TPSA) is 43.4 Å². The van der Waals surface area contributed by atoms with Crippen LogP contribution in [0.15, 0.2) is 0 Å². The highest BCUT2D eigenvalue weighted by Gasteiger charge is 2.76. The van der Waals surface area contributed by atoms with Crippen molar-refractivity contribution in [3.8, 4) is 0 Å². The Balaban J connectivity index is 6.25. The SMILES string of the molecule is O=S(=O)(O[C](Cl)Cl)C(Cl)(Cl)C(Cl)(Cl)C(Cl)(Cl)C(Cl)(Cl)C(Cl)(Cl)Cl. The standard InChI is InChI=1S/C6Cl13O3S/c7-1(8)22-23(20,21)6(18,19)4(13,14)2(9,10)3(11,12)5(15,16)17. The summed E-state index contributed by atoms with van der Waals surface area (Å²) in [6, 6.07) is 0. The van der Waals surface area contributed by atoms with Crippen molar-refractivity contribution in [3.05, 3.63) is 5.02 Å². The van der Waals surface area contributed by atoms with Crippen LogP contribution in [0.25, 0.3) is 0 Å². The zero-order chi connectivity index (χ0) is 19.3. The molecule has 17 heteroatoms. The minimum atomic E-state index is -5.16. The number of hydrogen-bond acceptors (Lipinski definition) is 3. The van der Waals surface area contributed by atoms with Gasteiger partial charge in [-0.25, -0.2) is 4.18 Å². The quantitative estimate of drug-likeness (QED) is 0.234. The maximum absolute atomic E-state index is 12.0. The predicted octanol–water partition coefficient (Wildman–Crippen LogP) is 7.28. The zero-order valence-electron chi connectivity index (χ0n) is 9.55. The van der Waals surface area contributed by atoms with Crippen LogP contribution in [0.2, 0.25) is 0 Å². The molecule has 0 aromatic heterocycles. The average Bonchev–Trinajstić information content (AvgIpc) is 2.24. The van der Waals surface area contributed by atoms with Gasteiger partial charge in [-0.15, -0.1) is 0 Å². The fourth-order valence-electron chi connectivity index (χ4n) is 0.850. The Kier molecular flexibility index (Phi) is 9.51. The molecule has 139 valence electrons. The molecule has 0 heterocycles. The van der Waals surface area contributed by atoms with Crippen molar-refractivity contribution in [3.63, 3.8) is 0 Å². The molecule has 0 aromatic rings. The first-order chi connectivity index (χ1) is 9.67. The third kappa shape index (κ3) is 5.00. The van der Waals surface area contributed by atoms with Gasteiger partial charge in [0.1, 0.15) is 0 Å². The zero-order valence-corrected chi connectivity index (χ0v) is 20.2. The van der Waals surface area contributed by atoms with Crippen molar-refractivity contribution >= 4 is 161 Å². The lowest BCUT2D eigenvalue weighted by molar-refractivity contribution is 0.396. The molecule has 1 radical (unpaired) electrons. The molecule has 0 aliphatic heterocycles. The van der Waals surface area contributed by atoms with E-state index in [4.69, 9.17) is 151 Å². The molecule has 0 atom stereocenters. The third-order valence-corrected chi connectivity index (χ3v) is 11.6. The normalized spacial score (nSPS) is 16.1. The van der Waals surface area contributed by atoms with Crippen molar-refractivity contribution < 1.29 is 12.6 Å². The van der Waals surface area contributed by atoms with E-state index < -0.39 is 35.6 Å². The van der Waals surface area contributed by atoms with Gasteiger partial charge >= 0.3 is 10.1 Å². The second-order valence-electron chi connectivity index (χ2n) is 3.50. The lowest BCUT2D eigenvalue weighted by Gasteiger charge is -2.46. The molecule has 3 nitrogen and oxygen atoms in total. The molecule has 0 unspecified atom stereocenters. The van der Waals surface area contributed by atoms with Gasteiger partial charge in [0.15, 0.2) is 4.33 Å². The van der Waals surface area contributed by atoms with Crippen LogP contribution >= 0.6 is 151 Å². The van der Waals surface area contributed by atoms with E-state index in [2.05, 4.69) is 4.18 Å². The first kappa shape index (κ1) is 26.7. The van der Waals surface area contributed by atoms with E-state index in [0.717, 1.165) is 0 Å². The smallest absolute Gasteiger partial charge is 0.222 e. The van der Waals surface area contributed by atoms with Crippen LogP contribution in [0.1, 0.15) is 0 Å². The first-order valence-electron chi connectivity index (χ1n) is 4.37. The number of halogens is 13. The van der Waals surface area contributed by atoms with E-state index in [1.54, 1.807) is 0 Å². The predicted molar refractivity (Wildman–Crippen MR) is 103 cm³/mol. The summed E-state index contributed by atoms with van der Waals surface area (Å²) in [5.41, 5.74) is 0. The lowest BCUT2D eigenvalue weighted by atomic mass is 10.2. The third-order valence-electron chi connectivity index (χ3n) is 2.00. The summed E-state index contributed by atoms with van der Waals surface area (Å²) < 4.78 is 13.1. The van der Waals surface area contributed by atoms with Crippen molar-refractivity contribution in [1.29, 1.82) is 0 Å². The molecule has 23 heavy (non-hydrogen) atoms. The first-order valence-corrected chi connectivity index (χ1v) is 10.7. The maximum Gasteiger partial charge on any atom is 0.308 e. The largest absolute Gasteiger partial charge is 0.308 e. The second kappa shape index (κ2) is 8.20. The van der Waals surface area contributed by atoms with Crippen LogP contribution < -0.4 is 0 Å². The highest BCUT2D eigenvalue weighted by molar-refractivity contribution is 7.91. The molecule has 0 fully saturated rings. The van der Waals surface area contributed by atoms with Gasteiger partial charge in [0.2, 0.25) is 12.5 Å². The Bertz CT molecular complexity index is 532. The summed E-state index contributed by atoms with van der Waals surface area (Å²) in [5, 5.41) is -1.13. The molecule has 0 N–H and O–H groups in total. The number of hydrogen-bond donors (Lipinski definition) is 0. The van der Waals surface area contributed by atoms with Gasteiger partial charge in [0, 0.05) is 0 Å². The highest BCUT2D eigenvalue weighted by atomic mass is 35.6. The molecular weight excluding hydrogens is 613 g/mol. The fraction of sp³-hybridized carbons (Fsp3) is 0.833. The van der Waals surface area contributed by atoms with E-state index in [1.807, 2.05) is 0 Å². The Morgan fingerprint density at radius 1 is 0.652 bits per heavy atom. The van der Waals surface area contributed by atoms with E-state index in [0.29, 0.717) is 0 Å². The summed E-state index contributed by atoms with van der Waals surface area (Å²) >= 11 is 73.0. The molecule has 0 aliphatic rings. The van der Waals surface area contributed by atoms with Crippen LogP contribution in [0.5, 0.6) is 0 Å². The maximum atomic E-state index is 12.0. The lowest BCUT2D eigenvalue weighted by Crippen LogP contribution is -2.63. The molecule has 0 aliphatic carbocycles. The van der Waals surface area contributed by atoms with Crippen molar-refractivity contribution in [2.24, 2.45) is 0 Å². The summed E-state index contributed by atoms with van der Waals surface area (Å²) in [5.74, 6) is 0. The molecule has 0 saturated carbocycles. The van der Waals surface area contributed by atoms with Crippen LogP contribution in [-0.4, -0.2) is 28.9 Å². The Morgan fingerprint density at radius 2 is 1.00 bits per heavy atom. The van der Waals surface area contributed by atoms with Gasteiger partial charge in [-0.1, -0.05) is 151 Å². The second-order valence-corrected chi connectivity index (χ2v) is 14.1. The van der Waals surface area contributed by atoms with Crippen LogP contribution in [-0.2, 0) is 14.3 Å². The molecule has 0 rings (SSSR count). The summed E-state index contributed by atoms with van der Waals surface area (Å²) in [6.45, 7) is 0. The van der Waals surface area contributed by atoms with Crippen LogP contribution in [0.4, 0.5) is 0 Å². The van der Waals surface area contributed by atoms with E-state index in [1.165, 1.54) is 0 Å². The van der Waals surface area contributed by atoms with Gasteiger partial charge in [-0.05, 0) is 0 Å². The molecule has 0 spiro atoms. The van der Waals surface area contributed by atoms with Gasteiger partial charge < -0.3 is 0 Å². The minimum Gasteiger partial charge on any atom is -0.222 e. The number of rotatable bonds is 6. The fourth-order valence-corrected chi connectivity index (χ4v) is 5.47. The Morgan fingerprint density at radius 3 is 1.26 bits per heavy atom. The van der Waals surface area contributed by atoms with Crippen molar-refractivity contribution in [2.75, 3.05) is 0 Å². The monoisotopic (exact) mass is 607 g/mol. The van der Waals surface area contributed by atoms with Gasteiger partial charge in [-0.3, -0.25) is 0 Å². The van der Waals surface area contributed by atoms with Gasteiger partial charge in [-0.2, -0.15) is 8.42 Å². The summed E-state index contributed by atoms with van der Waals surface area (Å²) in [7, 11) is -5.16. The average molecular weight is 613 g/mol. The van der Waals surface area contributed by atoms with E-state index in [-0.39, 0.29) is 0 Å². The molecule has 0 bridgehead atoms. The molecule has 0 amide bonds. The highest BCUT2D eigenvalue weighted by Crippen LogP contribution is 2.67. The van der Waals surface area contributed by atoms with E-state index in [9.17, 15) is 8.42 Å². The summed E-state index contributed by atoms with van der Waals surface area (Å²) in [6.07, 6.45) is 0. The summed E-state index contributed by atoms with van der Waals surface area (Å²) in [4.78, 5) is 0. The van der Waals surface area contributed by atoms with E-state index >= 15 is 0 Å². The Hall–Kier alpha value is 3.68. The minimum absolute atomic E-state index is 1.13. The number of alkyl halides is 11. The van der Waals surface area contributed by atoms with Crippen LogP contribution in [0, 0.1) is 5.02 Å². The molecule has 0 aromatic carbocycles.